The van der Waals surface area contributed by atoms with E-state index >= 15 is 0 Å². The molecule has 1 aliphatic rings. The molecule has 1 aliphatic heterocycles. The predicted octanol–water partition coefficient (Wildman–Crippen LogP) is 1.96. The Morgan fingerprint density at radius 2 is 2.04 bits per heavy atom. The quantitative estimate of drug-likeness (QED) is 0.874. The van der Waals surface area contributed by atoms with Crippen molar-refractivity contribution in [2.45, 2.75) is 25.6 Å². The number of carbonyl (C=O) groups is 2. The first-order chi connectivity index (χ1) is 11.2. The van der Waals surface area contributed by atoms with E-state index in [9.17, 15) is 27.9 Å². The van der Waals surface area contributed by atoms with Crippen molar-refractivity contribution in [1.29, 1.82) is 0 Å². The molecule has 0 spiro atoms. The normalized spacial score (nSPS) is 14.0. The predicted molar refractivity (Wildman–Crippen MR) is 77.3 cm³/mol. The van der Waals surface area contributed by atoms with E-state index in [0.29, 0.717) is 19.5 Å². The molecule has 0 saturated heterocycles. The van der Waals surface area contributed by atoms with Crippen LogP contribution in [0.15, 0.2) is 18.2 Å². The Morgan fingerprint density at radius 1 is 1.29 bits per heavy atom. The zero-order valence-corrected chi connectivity index (χ0v) is 12.7. The second-order valence-corrected chi connectivity index (χ2v) is 5.39. The Labute approximate surface area is 136 Å². The van der Waals surface area contributed by atoms with Gasteiger partial charge in [0, 0.05) is 26.1 Å². The minimum Gasteiger partial charge on any atom is -0.508 e. The fourth-order valence-corrected chi connectivity index (χ4v) is 2.38. The largest absolute Gasteiger partial charge is 0.508 e. The summed E-state index contributed by atoms with van der Waals surface area (Å²) in [4.78, 5) is 24.7. The third-order valence-corrected chi connectivity index (χ3v) is 3.53. The van der Waals surface area contributed by atoms with Gasteiger partial charge >= 0.3 is 12.3 Å². The molecule has 1 aromatic carbocycles. The molecule has 0 atom stereocenters. The van der Waals surface area contributed by atoms with Gasteiger partial charge in [0.2, 0.25) is 5.91 Å². The summed E-state index contributed by atoms with van der Waals surface area (Å²) >= 11 is 0. The molecule has 0 aliphatic carbocycles. The van der Waals surface area contributed by atoms with E-state index in [1.807, 2.05) is 6.07 Å². The first-order valence-electron chi connectivity index (χ1n) is 7.30. The van der Waals surface area contributed by atoms with Crippen molar-refractivity contribution < 1.29 is 32.6 Å². The molecule has 0 aromatic heterocycles. The summed E-state index contributed by atoms with van der Waals surface area (Å²) in [6, 6.07) is 5.00. The molecule has 132 valence electrons. The fraction of sp³-hybridized carbons (Fsp3) is 0.467. The van der Waals surface area contributed by atoms with Crippen LogP contribution in [0.1, 0.15) is 17.5 Å². The smallest absolute Gasteiger partial charge is 0.422 e. The highest BCUT2D eigenvalue weighted by molar-refractivity contribution is 5.77. The number of hydrogen-bond acceptors (Lipinski definition) is 4. The number of ether oxygens (including phenoxy) is 1. The van der Waals surface area contributed by atoms with E-state index < -0.39 is 18.9 Å². The van der Waals surface area contributed by atoms with Gasteiger partial charge in [0.1, 0.15) is 5.75 Å². The molecule has 24 heavy (non-hydrogen) atoms. The Kier molecular flexibility index (Phi) is 5.53. The molecular weight excluding hydrogens is 329 g/mol. The van der Waals surface area contributed by atoms with Gasteiger partial charge in [-0.15, -0.1) is 0 Å². The summed E-state index contributed by atoms with van der Waals surface area (Å²) in [6.07, 6.45) is -5.19. The third kappa shape index (κ3) is 5.32. The maximum absolute atomic E-state index is 12.1. The Hall–Kier alpha value is -2.45. The summed E-state index contributed by atoms with van der Waals surface area (Å²) < 4.78 is 39.6. The van der Waals surface area contributed by atoms with Crippen LogP contribution in [0.4, 0.5) is 18.0 Å². The molecule has 0 unspecified atom stereocenters. The van der Waals surface area contributed by atoms with Crippen molar-refractivity contribution in [3.05, 3.63) is 29.3 Å². The maximum atomic E-state index is 12.1. The van der Waals surface area contributed by atoms with Gasteiger partial charge in [-0.2, -0.15) is 13.2 Å². The number of phenolic OH excluding ortho intramolecular Hbond substituents is 1. The molecule has 2 amide bonds. The van der Waals surface area contributed by atoms with E-state index in [2.05, 4.69) is 10.1 Å². The number of alkyl halides is 3. The van der Waals surface area contributed by atoms with Gasteiger partial charge in [0.05, 0.1) is 0 Å². The number of aromatic hydroxyl groups is 1. The van der Waals surface area contributed by atoms with Crippen LogP contribution in [0, 0.1) is 0 Å². The van der Waals surface area contributed by atoms with Gasteiger partial charge in [0.15, 0.2) is 6.61 Å². The monoisotopic (exact) mass is 346 g/mol. The molecule has 9 heteroatoms. The second kappa shape index (κ2) is 7.41. The Morgan fingerprint density at radius 3 is 2.75 bits per heavy atom. The molecule has 0 bridgehead atoms. The number of fused-ring (bicyclic) bond motifs is 1. The molecule has 2 N–H and O–H groups in total. The molecule has 1 heterocycles. The van der Waals surface area contributed by atoms with Crippen LogP contribution in [0.2, 0.25) is 0 Å². The van der Waals surface area contributed by atoms with Crippen LogP contribution in [-0.4, -0.2) is 47.9 Å². The van der Waals surface area contributed by atoms with Gasteiger partial charge in [-0.1, -0.05) is 6.07 Å². The van der Waals surface area contributed by atoms with Gasteiger partial charge < -0.3 is 20.1 Å². The lowest BCUT2D eigenvalue weighted by atomic mass is 9.99. The van der Waals surface area contributed by atoms with E-state index in [-0.39, 0.29) is 24.6 Å². The first-order valence-corrected chi connectivity index (χ1v) is 7.30. The van der Waals surface area contributed by atoms with Crippen LogP contribution in [0.5, 0.6) is 5.75 Å². The van der Waals surface area contributed by atoms with Crippen LogP contribution in [0.3, 0.4) is 0 Å². The van der Waals surface area contributed by atoms with E-state index in [1.165, 1.54) is 0 Å². The van der Waals surface area contributed by atoms with Gasteiger partial charge in [0.25, 0.3) is 0 Å². The van der Waals surface area contributed by atoms with E-state index in [0.717, 1.165) is 11.1 Å². The minimum atomic E-state index is -4.58. The summed E-state index contributed by atoms with van der Waals surface area (Å²) in [5.41, 5.74) is 1.91. The lowest BCUT2D eigenvalue weighted by Crippen LogP contribution is -2.38. The zero-order chi connectivity index (χ0) is 17.7. The number of benzene rings is 1. The Bertz CT molecular complexity index is 619. The van der Waals surface area contributed by atoms with Crippen LogP contribution in [-0.2, 0) is 22.5 Å². The number of hydrogen-bond donors (Lipinski definition) is 2. The fourth-order valence-electron chi connectivity index (χ4n) is 2.38. The Balaban J connectivity index is 1.75. The SMILES string of the molecule is O=C(NCCC(=O)N1CCc2ccc(O)cc2C1)OCC(F)(F)F. The number of nitrogens with zero attached hydrogens (tertiary/aromatic N) is 1. The van der Waals surface area contributed by atoms with Crippen molar-refractivity contribution in [2.75, 3.05) is 19.7 Å². The number of nitrogens with one attached hydrogen (secondary N) is 1. The van der Waals surface area contributed by atoms with Gasteiger partial charge in [-0.05, 0) is 29.7 Å². The van der Waals surface area contributed by atoms with Crippen molar-refractivity contribution in [3.8, 4) is 5.75 Å². The maximum Gasteiger partial charge on any atom is 0.422 e. The lowest BCUT2D eigenvalue weighted by molar-refractivity contribution is -0.160. The average Bonchev–Trinajstić information content (AvgIpc) is 2.51. The lowest BCUT2D eigenvalue weighted by Gasteiger charge is -2.29. The number of halogens is 3. The summed E-state index contributed by atoms with van der Waals surface area (Å²) in [7, 11) is 0. The molecule has 0 saturated carbocycles. The van der Waals surface area contributed by atoms with Crippen LogP contribution < -0.4 is 5.32 Å². The summed E-state index contributed by atoms with van der Waals surface area (Å²) in [5, 5.41) is 11.6. The molecule has 2 rings (SSSR count). The highest BCUT2D eigenvalue weighted by Crippen LogP contribution is 2.23. The minimum absolute atomic E-state index is 0.0464. The van der Waals surface area contributed by atoms with Crippen molar-refractivity contribution in [3.63, 3.8) is 0 Å². The first kappa shape index (κ1) is 17.9. The number of carbonyl (C=O) groups excluding carboxylic acids is 2. The van der Waals surface area contributed by atoms with E-state index in [1.54, 1.807) is 17.0 Å². The zero-order valence-electron chi connectivity index (χ0n) is 12.7. The van der Waals surface area contributed by atoms with Crippen molar-refractivity contribution in [1.82, 2.24) is 10.2 Å². The topological polar surface area (TPSA) is 78.9 Å². The average molecular weight is 346 g/mol. The standard InChI is InChI=1S/C15H17F3N2O4/c16-15(17,18)9-24-14(23)19-5-3-13(22)20-6-4-10-1-2-12(21)7-11(10)8-20/h1-2,7,21H,3-6,8-9H2,(H,19,23). The molecule has 0 fully saturated rings. The highest BCUT2D eigenvalue weighted by atomic mass is 19.4. The van der Waals surface area contributed by atoms with Gasteiger partial charge in [-0.25, -0.2) is 4.79 Å². The molecule has 1 aromatic rings. The van der Waals surface area contributed by atoms with Crippen LogP contribution >= 0.6 is 0 Å². The summed E-state index contributed by atoms with van der Waals surface area (Å²) in [6.45, 7) is -0.922. The number of amides is 2. The number of phenols is 1. The summed E-state index contributed by atoms with van der Waals surface area (Å²) in [5.74, 6) is -0.114. The number of alkyl carbamates (subject to hydrolysis) is 1. The van der Waals surface area contributed by atoms with Crippen LogP contribution in [0.25, 0.3) is 0 Å². The molecule has 6 nitrogen and oxygen atoms in total. The second-order valence-electron chi connectivity index (χ2n) is 5.39. The highest BCUT2D eigenvalue weighted by Gasteiger charge is 2.29. The van der Waals surface area contributed by atoms with Gasteiger partial charge in [-0.3, -0.25) is 4.79 Å². The third-order valence-electron chi connectivity index (χ3n) is 3.53. The van der Waals surface area contributed by atoms with Crippen molar-refractivity contribution in [2.24, 2.45) is 0 Å². The molecule has 0 radical (unpaired) electrons. The molecular formula is C15H17F3N2O4. The van der Waals surface area contributed by atoms with E-state index in [4.69, 9.17) is 0 Å². The van der Waals surface area contributed by atoms with Crippen molar-refractivity contribution >= 4 is 12.0 Å². The number of rotatable bonds is 4.